The van der Waals surface area contributed by atoms with Gasteiger partial charge in [-0.05, 0) is 30.7 Å². The van der Waals surface area contributed by atoms with E-state index in [1.807, 2.05) is 27.7 Å². The van der Waals surface area contributed by atoms with Crippen molar-refractivity contribution in [2.45, 2.75) is 61.3 Å². The molecule has 0 aliphatic heterocycles. The number of amides is 1. The zero-order valence-electron chi connectivity index (χ0n) is 14.5. The molecular formula is C16H35FN2O. The molecule has 0 saturated heterocycles. The van der Waals surface area contributed by atoms with Gasteiger partial charge in [0.25, 0.3) is 5.91 Å². The first-order chi connectivity index (χ1) is 9.33. The third kappa shape index (κ3) is 11.0. The van der Waals surface area contributed by atoms with Gasteiger partial charge in [0.15, 0.2) is 5.83 Å². The molecule has 0 aliphatic rings. The van der Waals surface area contributed by atoms with Crippen LogP contribution in [0.15, 0.2) is 12.4 Å². The molecule has 0 aromatic heterocycles. The van der Waals surface area contributed by atoms with Crippen molar-refractivity contribution in [2.24, 2.45) is 17.1 Å². The lowest BCUT2D eigenvalue weighted by atomic mass is 9.74. The fraction of sp³-hybridized carbons (Fsp3) is 0.812. The average Bonchev–Trinajstić information content (AvgIpc) is 2.43. The molecule has 0 aromatic carbocycles. The molecule has 0 saturated carbocycles. The Labute approximate surface area is 125 Å². The summed E-state index contributed by atoms with van der Waals surface area (Å²) in [6.07, 6.45) is 1.69. The fourth-order valence-corrected chi connectivity index (χ4v) is 1.59. The molecule has 1 atom stereocenters. The maximum atomic E-state index is 12.4. The van der Waals surface area contributed by atoms with E-state index in [9.17, 15) is 9.18 Å². The molecule has 1 amide bonds. The Morgan fingerprint density at radius 2 is 1.70 bits per heavy atom. The van der Waals surface area contributed by atoms with Crippen LogP contribution in [0.25, 0.3) is 0 Å². The van der Waals surface area contributed by atoms with Crippen molar-refractivity contribution in [2.75, 3.05) is 13.1 Å². The van der Waals surface area contributed by atoms with E-state index in [1.165, 1.54) is 0 Å². The lowest BCUT2D eigenvalue weighted by Crippen LogP contribution is -2.33. The number of hydrogen-bond acceptors (Lipinski definition) is 2. The van der Waals surface area contributed by atoms with Gasteiger partial charge in [0.2, 0.25) is 0 Å². The SMILES string of the molecule is C=C(F)C(=O)NCCC(C)(CCN)C(C)C.CC.CC. The highest BCUT2D eigenvalue weighted by Gasteiger charge is 2.27. The normalized spacial score (nSPS) is 12.3. The minimum absolute atomic E-state index is 0.0830. The molecule has 4 heteroatoms. The number of hydrogen-bond donors (Lipinski definition) is 2. The molecule has 3 nitrogen and oxygen atoms in total. The Kier molecular flexibility index (Phi) is 17.5. The van der Waals surface area contributed by atoms with Crippen LogP contribution in [-0.4, -0.2) is 19.0 Å². The van der Waals surface area contributed by atoms with Gasteiger partial charge in [-0.3, -0.25) is 4.79 Å². The Morgan fingerprint density at radius 3 is 2.00 bits per heavy atom. The van der Waals surface area contributed by atoms with Gasteiger partial charge in [-0.15, -0.1) is 0 Å². The summed E-state index contributed by atoms with van der Waals surface area (Å²) in [5.41, 5.74) is 5.65. The van der Waals surface area contributed by atoms with Gasteiger partial charge in [-0.25, -0.2) is 4.39 Å². The zero-order chi connectivity index (χ0) is 16.8. The Balaban J connectivity index is -0.000000656. The summed E-state index contributed by atoms with van der Waals surface area (Å²) >= 11 is 0. The molecule has 0 rings (SSSR count). The van der Waals surface area contributed by atoms with Gasteiger partial charge in [0, 0.05) is 6.54 Å². The standard InChI is InChI=1S/C12H23FN2O.2C2H6/c1-9(2)12(4,5-7-14)6-8-15-11(16)10(3)13;2*1-2/h9H,3,5-8,14H2,1-2,4H3,(H,15,16);2*1-2H3. The van der Waals surface area contributed by atoms with Crippen LogP contribution >= 0.6 is 0 Å². The minimum Gasteiger partial charge on any atom is -0.350 e. The predicted octanol–water partition coefficient (Wildman–Crippen LogP) is 4.04. The number of nitrogens with two attached hydrogens (primary N) is 1. The molecular weight excluding hydrogens is 255 g/mol. The maximum Gasteiger partial charge on any atom is 0.279 e. The third-order valence-electron chi connectivity index (χ3n) is 3.34. The first-order valence-corrected chi connectivity index (χ1v) is 7.66. The van der Waals surface area contributed by atoms with Gasteiger partial charge in [0.1, 0.15) is 0 Å². The molecule has 20 heavy (non-hydrogen) atoms. The summed E-state index contributed by atoms with van der Waals surface area (Å²) in [4.78, 5) is 10.9. The van der Waals surface area contributed by atoms with Crippen LogP contribution in [0.3, 0.4) is 0 Å². The van der Waals surface area contributed by atoms with Crippen molar-refractivity contribution in [3.05, 3.63) is 12.4 Å². The molecule has 0 heterocycles. The van der Waals surface area contributed by atoms with E-state index in [4.69, 9.17) is 5.73 Å². The summed E-state index contributed by atoms with van der Waals surface area (Å²) in [6, 6.07) is 0. The van der Waals surface area contributed by atoms with Crippen molar-refractivity contribution in [3.63, 3.8) is 0 Å². The Bertz CT molecular complexity index is 255. The van der Waals surface area contributed by atoms with E-state index in [0.29, 0.717) is 19.0 Å². The largest absolute Gasteiger partial charge is 0.350 e. The number of carbonyl (C=O) groups is 1. The van der Waals surface area contributed by atoms with Crippen molar-refractivity contribution in [3.8, 4) is 0 Å². The molecule has 0 spiro atoms. The molecule has 0 radical (unpaired) electrons. The highest BCUT2D eigenvalue weighted by atomic mass is 19.1. The van der Waals surface area contributed by atoms with Crippen molar-refractivity contribution >= 4 is 5.91 Å². The van der Waals surface area contributed by atoms with Crippen LogP contribution in [0.1, 0.15) is 61.3 Å². The summed E-state index contributed by atoms with van der Waals surface area (Å²) < 4.78 is 12.4. The smallest absolute Gasteiger partial charge is 0.279 e. The lowest BCUT2D eigenvalue weighted by molar-refractivity contribution is -0.118. The van der Waals surface area contributed by atoms with E-state index in [2.05, 4.69) is 32.7 Å². The van der Waals surface area contributed by atoms with Crippen molar-refractivity contribution in [1.29, 1.82) is 0 Å². The number of rotatable bonds is 7. The quantitative estimate of drug-likeness (QED) is 0.695. The minimum atomic E-state index is -0.940. The van der Waals surface area contributed by atoms with Crippen LogP contribution in [0.2, 0.25) is 0 Å². The predicted molar refractivity (Wildman–Crippen MR) is 87.2 cm³/mol. The summed E-state index contributed by atoms with van der Waals surface area (Å²) in [7, 11) is 0. The van der Waals surface area contributed by atoms with Gasteiger partial charge in [-0.1, -0.05) is 55.0 Å². The van der Waals surface area contributed by atoms with Gasteiger partial charge in [0.05, 0.1) is 0 Å². The van der Waals surface area contributed by atoms with Crippen LogP contribution in [0.4, 0.5) is 4.39 Å². The van der Waals surface area contributed by atoms with Crippen molar-refractivity contribution in [1.82, 2.24) is 5.32 Å². The van der Waals surface area contributed by atoms with E-state index in [0.717, 1.165) is 12.8 Å². The van der Waals surface area contributed by atoms with Gasteiger partial charge < -0.3 is 11.1 Å². The van der Waals surface area contributed by atoms with Crippen molar-refractivity contribution < 1.29 is 9.18 Å². The van der Waals surface area contributed by atoms with Crippen LogP contribution in [-0.2, 0) is 4.79 Å². The maximum absolute atomic E-state index is 12.4. The number of halogens is 1. The Hall–Kier alpha value is -0.900. The molecule has 1 unspecified atom stereocenters. The third-order valence-corrected chi connectivity index (χ3v) is 3.34. The molecule has 3 N–H and O–H groups in total. The van der Waals surface area contributed by atoms with E-state index < -0.39 is 11.7 Å². The Morgan fingerprint density at radius 1 is 1.25 bits per heavy atom. The zero-order valence-corrected chi connectivity index (χ0v) is 14.5. The molecule has 0 bridgehead atoms. The highest BCUT2D eigenvalue weighted by molar-refractivity contribution is 5.90. The van der Waals surface area contributed by atoms with Gasteiger partial charge >= 0.3 is 0 Å². The first-order valence-electron chi connectivity index (χ1n) is 7.66. The topological polar surface area (TPSA) is 55.1 Å². The van der Waals surface area contributed by atoms with E-state index in [1.54, 1.807) is 0 Å². The second-order valence-corrected chi connectivity index (χ2v) is 4.76. The summed E-state index contributed by atoms with van der Waals surface area (Å²) in [5.74, 6) is -1.19. The van der Waals surface area contributed by atoms with Crippen LogP contribution in [0.5, 0.6) is 0 Å². The van der Waals surface area contributed by atoms with Gasteiger partial charge in [-0.2, -0.15) is 0 Å². The van der Waals surface area contributed by atoms with E-state index >= 15 is 0 Å². The fourth-order valence-electron chi connectivity index (χ4n) is 1.59. The second-order valence-electron chi connectivity index (χ2n) is 4.76. The molecule has 0 aromatic rings. The average molecular weight is 290 g/mol. The molecule has 0 aliphatic carbocycles. The molecule has 122 valence electrons. The summed E-state index contributed by atoms with van der Waals surface area (Å²) in [5, 5.41) is 2.50. The lowest BCUT2D eigenvalue weighted by Gasteiger charge is -2.33. The highest BCUT2D eigenvalue weighted by Crippen LogP contribution is 2.33. The van der Waals surface area contributed by atoms with E-state index in [-0.39, 0.29) is 5.41 Å². The molecule has 0 fully saturated rings. The number of carbonyl (C=O) groups excluding carboxylic acids is 1. The number of nitrogens with one attached hydrogen (secondary N) is 1. The van der Waals surface area contributed by atoms with Crippen LogP contribution in [0, 0.1) is 11.3 Å². The second kappa shape index (κ2) is 14.5. The van der Waals surface area contributed by atoms with Crippen LogP contribution < -0.4 is 11.1 Å². The monoisotopic (exact) mass is 290 g/mol. The first kappa shape index (κ1) is 24.1. The summed E-state index contributed by atoms with van der Waals surface area (Å²) in [6.45, 7) is 18.4.